The van der Waals surface area contributed by atoms with Gasteiger partial charge in [0.15, 0.2) is 11.6 Å². The van der Waals surface area contributed by atoms with Crippen molar-refractivity contribution < 1.29 is 40.6 Å². The Hall–Kier alpha value is -3.51. The minimum absolute atomic E-state index is 0.0315. The van der Waals surface area contributed by atoms with Gasteiger partial charge in [0.1, 0.15) is 11.4 Å². The van der Waals surface area contributed by atoms with Crippen molar-refractivity contribution in [3.8, 4) is 5.75 Å². The predicted molar refractivity (Wildman–Crippen MR) is 103 cm³/mol. The number of amidine groups is 1. The molecule has 1 atom stereocenters. The summed E-state index contributed by atoms with van der Waals surface area (Å²) in [6.45, 7) is -4.80. The van der Waals surface area contributed by atoms with Crippen LogP contribution in [0.2, 0.25) is 0 Å². The molecule has 2 aromatic rings. The summed E-state index contributed by atoms with van der Waals surface area (Å²) in [7, 11) is 1.45. The van der Waals surface area contributed by atoms with Crippen LogP contribution in [0.5, 0.6) is 5.75 Å². The molecule has 2 rings (SSSR count). The number of methoxy groups -OCH3 is 1. The highest BCUT2D eigenvalue weighted by Gasteiger charge is 2.21. The number of pyridine rings is 1. The number of nitrogens with one attached hydrogen (secondary N) is 2. The summed E-state index contributed by atoms with van der Waals surface area (Å²) in [5, 5.41) is 9.36. The number of carbonyl (C=O) groups is 1. The fourth-order valence-electron chi connectivity index (χ4n) is 2.44. The largest absolute Gasteiger partial charge is 0.495 e. The van der Waals surface area contributed by atoms with Crippen molar-refractivity contribution in [1.82, 2.24) is 4.98 Å². The molecule has 0 aliphatic rings. The molecule has 0 unspecified atom stereocenters. The number of aromatic nitrogens is 1. The number of rotatable bonds is 8. The Kier molecular flexibility index (Phi) is 10.8. The first-order valence-corrected chi connectivity index (χ1v) is 8.84. The molecule has 1 aromatic carbocycles. The van der Waals surface area contributed by atoms with Gasteiger partial charge in [0.05, 0.1) is 26.6 Å². The Balaban J connectivity index is 0.00000118. The molecule has 1 heterocycles. The Bertz CT molecular complexity index is 897. The number of amides is 1. The molecule has 0 bridgehead atoms. The first-order chi connectivity index (χ1) is 15.1. The van der Waals surface area contributed by atoms with Crippen LogP contribution in [-0.2, 0) is 4.74 Å². The molecule has 4 N–H and O–H groups in total. The van der Waals surface area contributed by atoms with E-state index in [4.69, 9.17) is 20.6 Å². The quantitative estimate of drug-likeness (QED) is 0.308. The van der Waals surface area contributed by atoms with E-state index in [0.717, 1.165) is 12.1 Å². The van der Waals surface area contributed by atoms with Gasteiger partial charge in [-0.05, 0) is 30.2 Å². The Morgan fingerprint density at radius 2 is 1.91 bits per heavy atom. The maximum atomic E-state index is 14.2. The van der Waals surface area contributed by atoms with Crippen LogP contribution in [0.25, 0.3) is 0 Å². The fourth-order valence-corrected chi connectivity index (χ4v) is 2.44. The van der Waals surface area contributed by atoms with Crippen LogP contribution in [0, 0.1) is 17.0 Å². The number of ether oxygens (including phenoxy) is 2. The van der Waals surface area contributed by atoms with Gasteiger partial charge in [-0.15, -0.1) is 0 Å². The first-order valence-electron chi connectivity index (χ1n) is 8.84. The zero-order valence-corrected chi connectivity index (χ0v) is 16.7. The number of halogens is 6. The van der Waals surface area contributed by atoms with E-state index in [9.17, 15) is 31.1 Å². The average molecular weight is 466 g/mol. The molecule has 0 spiro atoms. The van der Waals surface area contributed by atoms with Crippen molar-refractivity contribution >= 4 is 17.6 Å². The van der Waals surface area contributed by atoms with E-state index in [1.165, 1.54) is 25.4 Å². The van der Waals surface area contributed by atoms with Gasteiger partial charge >= 0.3 is 6.68 Å². The number of nitrogens with two attached hydrogens (primary N) is 1. The maximum Gasteiger partial charge on any atom is 0.379 e. The zero-order chi connectivity index (χ0) is 24.3. The molecule has 7 nitrogen and oxygen atoms in total. The van der Waals surface area contributed by atoms with E-state index in [-0.39, 0.29) is 30.0 Å². The lowest BCUT2D eigenvalue weighted by Gasteiger charge is -2.17. The van der Waals surface area contributed by atoms with Gasteiger partial charge in [-0.1, -0.05) is 0 Å². The Morgan fingerprint density at radius 3 is 2.41 bits per heavy atom. The molecule has 0 fully saturated rings. The van der Waals surface area contributed by atoms with Gasteiger partial charge < -0.3 is 20.5 Å². The van der Waals surface area contributed by atoms with E-state index in [1.807, 2.05) is 0 Å². The smallest absolute Gasteiger partial charge is 0.379 e. The molecule has 176 valence electrons. The second kappa shape index (κ2) is 13.0. The summed E-state index contributed by atoms with van der Waals surface area (Å²) in [5.41, 5.74) is 4.76. The molecular formula is C19H20F6N4O3. The van der Waals surface area contributed by atoms with Gasteiger partial charge in [-0.3, -0.25) is 14.6 Å². The topological polar surface area (TPSA) is 110 Å². The SMILES string of the molecule is COc1ccc(C(=O)Nc2cc(F)c(F)c([C@H](CF)CCOC(=N)N)c2)nc1.FC(F)F. The van der Waals surface area contributed by atoms with Crippen LogP contribution in [0.3, 0.4) is 0 Å². The van der Waals surface area contributed by atoms with E-state index in [2.05, 4.69) is 10.3 Å². The van der Waals surface area contributed by atoms with E-state index in [0.29, 0.717) is 5.75 Å². The van der Waals surface area contributed by atoms with Gasteiger partial charge in [0.25, 0.3) is 11.9 Å². The predicted octanol–water partition coefficient (Wildman–Crippen LogP) is 4.15. The Morgan fingerprint density at radius 1 is 1.25 bits per heavy atom. The van der Waals surface area contributed by atoms with E-state index >= 15 is 0 Å². The molecule has 0 aliphatic carbocycles. The molecule has 0 saturated heterocycles. The third-order valence-corrected chi connectivity index (χ3v) is 3.87. The van der Waals surface area contributed by atoms with Crippen molar-refractivity contribution in [3.05, 3.63) is 53.4 Å². The second-order valence-corrected chi connectivity index (χ2v) is 6.00. The number of carbonyl (C=O) groups excluding carboxylic acids is 1. The van der Waals surface area contributed by atoms with Crippen LogP contribution in [0.1, 0.15) is 28.4 Å². The van der Waals surface area contributed by atoms with Gasteiger partial charge in [0.2, 0.25) is 0 Å². The molecule has 1 amide bonds. The molecule has 0 saturated carbocycles. The minimum atomic E-state index is -3.67. The van der Waals surface area contributed by atoms with Crippen LogP contribution in [0.4, 0.5) is 32.0 Å². The highest BCUT2D eigenvalue weighted by molar-refractivity contribution is 6.02. The fraction of sp³-hybridized carbons (Fsp3) is 0.316. The van der Waals surface area contributed by atoms with Gasteiger partial charge in [-0.2, -0.15) is 13.2 Å². The van der Waals surface area contributed by atoms with Crippen molar-refractivity contribution in [2.75, 3.05) is 25.7 Å². The van der Waals surface area contributed by atoms with Crippen LogP contribution in [-0.4, -0.2) is 44.0 Å². The van der Waals surface area contributed by atoms with Crippen LogP contribution in [0.15, 0.2) is 30.5 Å². The number of benzene rings is 1. The number of alkyl halides is 4. The normalized spacial score (nSPS) is 11.2. The highest BCUT2D eigenvalue weighted by Crippen LogP contribution is 2.28. The van der Waals surface area contributed by atoms with Gasteiger partial charge in [-0.25, -0.2) is 13.8 Å². The third kappa shape index (κ3) is 8.70. The lowest BCUT2D eigenvalue weighted by molar-refractivity contribution is 0.00818. The summed E-state index contributed by atoms with van der Waals surface area (Å²) in [6, 6.07) is 4.31. The van der Waals surface area contributed by atoms with Crippen molar-refractivity contribution in [3.63, 3.8) is 0 Å². The minimum Gasteiger partial charge on any atom is -0.495 e. The van der Waals surface area contributed by atoms with Crippen molar-refractivity contribution in [2.24, 2.45) is 5.73 Å². The molecular weight excluding hydrogens is 446 g/mol. The van der Waals surface area contributed by atoms with Gasteiger partial charge in [0, 0.05) is 17.7 Å². The second-order valence-electron chi connectivity index (χ2n) is 6.00. The summed E-state index contributed by atoms with van der Waals surface area (Å²) in [4.78, 5) is 16.1. The summed E-state index contributed by atoms with van der Waals surface area (Å²) >= 11 is 0. The summed E-state index contributed by atoms with van der Waals surface area (Å²) in [6.07, 6.45) is 1.30. The Labute approximate surface area is 179 Å². The average Bonchev–Trinajstić information content (AvgIpc) is 2.73. The third-order valence-electron chi connectivity index (χ3n) is 3.87. The monoisotopic (exact) mass is 466 g/mol. The lowest BCUT2D eigenvalue weighted by Crippen LogP contribution is -2.18. The standard InChI is InChI=1S/C18H19F3N4O3.CHF3/c1-27-12-2-3-15(24-9-12)17(26)25-11-6-13(16(21)14(20)7-11)10(8-19)4-5-28-18(22)23;2-1(3)4/h2-3,6-7,9-10H,4-5,8H2,1H3,(H3,22,23)(H,25,26);1H/t10-;/m0./s1. The first kappa shape index (κ1) is 26.5. The maximum absolute atomic E-state index is 14.2. The number of hydrogen-bond donors (Lipinski definition) is 3. The molecule has 0 aliphatic heterocycles. The molecule has 32 heavy (non-hydrogen) atoms. The number of hydrogen-bond acceptors (Lipinski definition) is 5. The molecule has 0 radical (unpaired) electrons. The number of nitrogens with zero attached hydrogens (tertiary/aromatic N) is 1. The van der Waals surface area contributed by atoms with Crippen LogP contribution >= 0.6 is 0 Å². The van der Waals surface area contributed by atoms with E-state index < -0.39 is 42.8 Å². The number of anilines is 1. The zero-order valence-electron chi connectivity index (χ0n) is 16.7. The summed E-state index contributed by atoms with van der Waals surface area (Å²) < 4.78 is 80.2. The van der Waals surface area contributed by atoms with Crippen molar-refractivity contribution in [2.45, 2.75) is 19.0 Å². The van der Waals surface area contributed by atoms with Crippen molar-refractivity contribution in [1.29, 1.82) is 5.41 Å². The lowest BCUT2D eigenvalue weighted by atomic mass is 9.96. The molecule has 13 heteroatoms. The molecule has 1 aromatic heterocycles. The van der Waals surface area contributed by atoms with Crippen LogP contribution < -0.4 is 15.8 Å². The highest BCUT2D eigenvalue weighted by atomic mass is 19.4. The van der Waals surface area contributed by atoms with E-state index in [1.54, 1.807) is 0 Å². The summed E-state index contributed by atoms with van der Waals surface area (Å²) in [5.74, 6) is -3.70.